The Hall–Kier alpha value is 0.350. The average molecular weight is 383 g/mol. The Morgan fingerprint density at radius 3 is 2.44 bits per heavy atom. The lowest BCUT2D eigenvalue weighted by Gasteiger charge is -2.46. The van der Waals surface area contributed by atoms with E-state index in [4.69, 9.17) is 0 Å². The third kappa shape index (κ3) is 3.68. The van der Waals surface area contributed by atoms with Gasteiger partial charge >= 0.3 is 0 Å². The SMILES string of the molecule is CN=C(N(C)C)N1CCSC2(CCCCC2)C1.I. The van der Waals surface area contributed by atoms with Crippen molar-refractivity contribution in [2.45, 2.75) is 36.9 Å². The quantitative estimate of drug-likeness (QED) is 0.364. The lowest BCUT2D eigenvalue weighted by Crippen LogP contribution is -2.53. The van der Waals surface area contributed by atoms with E-state index < -0.39 is 0 Å². The van der Waals surface area contributed by atoms with E-state index in [0.717, 1.165) is 12.5 Å². The summed E-state index contributed by atoms with van der Waals surface area (Å²) >= 11 is 2.21. The summed E-state index contributed by atoms with van der Waals surface area (Å²) in [7, 11) is 6.10. The van der Waals surface area contributed by atoms with Crippen LogP contribution in [-0.2, 0) is 0 Å². The zero-order valence-electron chi connectivity index (χ0n) is 11.8. The van der Waals surface area contributed by atoms with Gasteiger partial charge in [-0.15, -0.1) is 24.0 Å². The fourth-order valence-electron chi connectivity index (χ4n) is 3.14. The highest BCUT2D eigenvalue weighted by atomic mass is 127. The number of hydrogen-bond donors (Lipinski definition) is 0. The Morgan fingerprint density at radius 2 is 1.89 bits per heavy atom. The van der Waals surface area contributed by atoms with Crippen molar-refractivity contribution in [3.8, 4) is 0 Å². The molecule has 1 spiro atoms. The van der Waals surface area contributed by atoms with E-state index in [0.29, 0.717) is 4.75 Å². The number of hydrogen-bond acceptors (Lipinski definition) is 2. The van der Waals surface area contributed by atoms with Crippen molar-refractivity contribution in [1.82, 2.24) is 9.80 Å². The molecule has 2 rings (SSSR count). The smallest absolute Gasteiger partial charge is 0.195 e. The van der Waals surface area contributed by atoms with Crippen LogP contribution in [0, 0.1) is 0 Å². The molecule has 106 valence electrons. The van der Waals surface area contributed by atoms with Crippen molar-refractivity contribution >= 4 is 41.7 Å². The Balaban J connectivity index is 0.00000162. The maximum absolute atomic E-state index is 4.45. The highest BCUT2D eigenvalue weighted by Gasteiger charge is 2.38. The van der Waals surface area contributed by atoms with Crippen LogP contribution < -0.4 is 0 Å². The van der Waals surface area contributed by atoms with Crippen molar-refractivity contribution in [2.75, 3.05) is 40.0 Å². The minimum atomic E-state index is 0. The van der Waals surface area contributed by atoms with Gasteiger partial charge in [0.25, 0.3) is 0 Å². The van der Waals surface area contributed by atoms with Gasteiger partial charge in [0.1, 0.15) is 0 Å². The molecule has 0 atom stereocenters. The predicted molar refractivity (Wildman–Crippen MR) is 92.3 cm³/mol. The topological polar surface area (TPSA) is 18.8 Å². The summed E-state index contributed by atoms with van der Waals surface area (Å²) in [5, 5.41) is 0. The molecule has 2 fully saturated rings. The molecule has 0 aromatic rings. The van der Waals surface area contributed by atoms with Crippen LogP contribution in [0.1, 0.15) is 32.1 Å². The van der Waals surface area contributed by atoms with Gasteiger partial charge < -0.3 is 9.80 Å². The molecule has 0 bridgehead atoms. The van der Waals surface area contributed by atoms with E-state index in [1.165, 1.54) is 44.4 Å². The van der Waals surface area contributed by atoms with Crippen LogP contribution in [0.15, 0.2) is 4.99 Å². The van der Waals surface area contributed by atoms with Gasteiger partial charge in [0, 0.05) is 44.7 Å². The molecule has 1 heterocycles. The Kier molecular flexibility index (Phi) is 6.58. The monoisotopic (exact) mass is 383 g/mol. The first-order chi connectivity index (χ1) is 8.17. The van der Waals surface area contributed by atoms with Crippen LogP contribution >= 0.6 is 35.7 Å². The van der Waals surface area contributed by atoms with Gasteiger partial charge in [0.15, 0.2) is 5.96 Å². The van der Waals surface area contributed by atoms with E-state index in [9.17, 15) is 0 Å². The van der Waals surface area contributed by atoms with E-state index in [2.05, 4.69) is 40.6 Å². The van der Waals surface area contributed by atoms with Crippen LogP contribution in [-0.4, -0.2) is 60.5 Å². The first-order valence-electron chi connectivity index (χ1n) is 6.70. The van der Waals surface area contributed by atoms with E-state index in [1.807, 2.05) is 7.05 Å². The summed E-state index contributed by atoms with van der Waals surface area (Å²) in [5.74, 6) is 2.41. The zero-order chi connectivity index (χ0) is 12.3. The molecule has 0 aromatic heterocycles. The van der Waals surface area contributed by atoms with Crippen molar-refractivity contribution in [2.24, 2.45) is 4.99 Å². The minimum absolute atomic E-state index is 0. The van der Waals surface area contributed by atoms with Crippen LogP contribution in [0.5, 0.6) is 0 Å². The second-order valence-corrected chi connectivity index (χ2v) is 6.99. The summed E-state index contributed by atoms with van der Waals surface area (Å²) in [5.41, 5.74) is 0. The standard InChI is InChI=1S/C13H25N3S.HI/c1-14-12(15(2)3)16-9-10-17-13(11-16)7-5-4-6-8-13;/h4-11H2,1-3H3;1H. The van der Waals surface area contributed by atoms with Crippen LogP contribution in [0.4, 0.5) is 0 Å². The molecule has 18 heavy (non-hydrogen) atoms. The molecule has 0 amide bonds. The maximum atomic E-state index is 4.45. The molecular weight excluding hydrogens is 357 g/mol. The van der Waals surface area contributed by atoms with Gasteiger partial charge in [-0.1, -0.05) is 19.3 Å². The summed E-state index contributed by atoms with van der Waals surface area (Å²) in [4.78, 5) is 9.08. The lowest BCUT2D eigenvalue weighted by molar-refractivity contribution is 0.280. The molecule has 1 saturated heterocycles. The molecule has 0 radical (unpaired) electrons. The normalized spacial score (nSPS) is 23.7. The van der Waals surface area contributed by atoms with Gasteiger partial charge in [-0.25, -0.2) is 0 Å². The number of nitrogens with zero attached hydrogens (tertiary/aromatic N) is 3. The van der Waals surface area contributed by atoms with Gasteiger partial charge in [-0.3, -0.25) is 4.99 Å². The maximum Gasteiger partial charge on any atom is 0.195 e. The second-order valence-electron chi connectivity index (χ2n) is 5.43. The largest absolute Gasteiger partial charge is 0.349 e. The van der Waals surface area contributed by atoms with Gasteiger partial charge in [0.05, 0.1) is 0 Å². The summed E-state index contributed by atoms with van der Waals surface area (Å²) in [6, 6.07) is 0. The highest BCUT2D eigenvalue weighted by Crippen LogP contribution is 2.42. The molecule has 0 unspecified atom stereocenters. The first-order valence-corrected chi connectivity index (χ1v) is 7.68. The lowest BCUT2D eigenvalue weighted by atomic mass is 9.87. The molecule has 1 aliphatic heterocycles. The summed E-state index contributed by atoms with van der Waals surface area (Å²) in [6.45, 7) is 2.35. The first kappa shape index (κ1) is 16.4. The van der Waals surface area contributed by atoms with Crippen molar-refractivity contribution in [3.63, 3.8) is 0 Å². The summed E-state index contributed by atoms with van der Waals surface area (Å²) in [6.07, 6.45) is 7.07. The van der Waals surface area contributed by atoms with Crippen LogP contribution in [0.25, 0.3) is 0 Å². The van der Waals surface area contributed by atoms with Gasteiger partial charge in [-0.2, -0.15) is 11.8 Å². The third-order valence-electron chi connectivity index (χ3n) is 3.90. The second kappa shape index (κ2) is 7.22. The fraction of sp³-hybridized carbons (Fsp3) is 0.923. The molecule has 1 aliphatic carbocycles. The van der Waals surface area contributed by atoms with Crippen molar-refractivity contribution in [1.29, 1.82) is 0 Å². The average Bonchev–Trinajstić information content (AvgIpc) is 2.30. The van der Waals surface area contributed by atoms with E-state index in [-0.39, 0.29) is 24.0 Å². The molecule has 1 saturated carbocycles. The number of thioether (sulfide) groups is 1. The number of guanidine groups is 1. The van der Waals surface area contributed by atoms with E-state index in [1.54, 1.807) is 0 Å². The van der Waals surface area contributed by atoms with Crippen molar-refractivity contribution in [3.05, 3.63) is 0 Å². The molecule has 0 N–H and O–H groups in total. The Morgan fingerprint density at radius 1 is 1.22 bits per heavy atom. The third-order valence-corrected chi connectivity index (χ3v) is 5.43. The van der Waals surface area contributed by atoms with Gasteiger partial charge in [-0.05, 0) is 12.8 Å². The Bertz CT molecular complexity index is 282. The fourth-order valence-corrected chi connectivity index (χ4v) is 4.71. The molecule has 2 aliphatic rings. The zero-order valence-corrected chi connectivity index (χ0v) is 15.0. The number of rotatable bonds is 0. The summed E-state index contributed by atoms with van der Waals surface area (Å²) < 4.78 is 0.530. The highest BCUT2D eigenvalue weighted by molar-refractivity contribution is 14.0. The Labute approximate surface area is 133 Å². The number of halogens is 1. The predicted octanol–water partition coefficient (Wildman–Crippen LogP) is 2.90. The van der Waals surface area contributed by atoms with Gasteiger partial charge in [0.2, 0.25) is 0 Å². The molecule has 3 nitrogen and oxygen atoms in total. The minimum Gasteiger partial charge on any atom is -0.349 e. The molecule has 5 heteroatoms. The van der Waals surface area contributed by atoms with Crippen molar-refractivity contribution < 1.29 is 0 Å². The number of aliphatic imine (C=N–C) groups is 1. The van der Waals surface area contributed by atoms with Crippen LogP contribution in [0.2, 0.25) is 0 Å². The van der Waals surface area contributed by atoms with E-state index >= 15 is 0 Å². The van der Waals surface area contributed by atoms with Crippen LogP contribution in [0.3, 0.4) is 0 Å². The molecular formula is C13H26IN3S. The molecule has 0 aromatic carbocycles.